The van der Waals surface area contributed by atoms with Crippen LogP contribution in [0.2, 0.25) is 0 Å². The quantitative estimate of drug-likeness (QED) is 0.641. The van der Waals surface area contributed by atoms with Gasteiger partial charge in [0.05, 0.1) is 11.5 Å². The first-order valence-electron chi connectivity index (χ1n) is 7.28. The number of rotatable bonds is 6. The number of hydrogen-bond acceptors (Lipinski definition) is 5. The fraction of sp³-hybridized carbons (Fsp3) is 0.846. The van der Waals surface area contributed by atoms with Crippen molar-refractivity contribution in [3.63, 3.8) is 0 Å². The molecule has 0 aromatic carbocycles. The minimum Gasteiger partial charge on any atom is -0.347 e. The van der Waals surface area contributed by atoms with Crippen LogP contribution in [0.5, 0.6) is 0 Å². The third-order valence-corrected chi connectivity index (χ3v) is 5.63. The SMILES string of the molecule is CCN(CC)CCNC(=O)C(=O)N(C)C1CCS(=O)(=O)C1. The molecule has 21 heavy (non-hydrogen) atoms. The van der Waals surface area contributed by atoms with E-state index in [2.05, 4.69) is 10.2 Å². The highest BCUT2D eigenvalue weighted by Crippen LogP contribution is 2.16. The molecule has 2 amide bonds. The molecule has 1 aliphatic heterocycles. The van der Waals surface area contributed by atoms with Gasteiger partial charge in [-0.1, -0.05) is 13.8 Å². The molecule has 1 fully saturated rings. The summed E-state index contributed by atoms with van der Waals surface area (Å²) in [4.78, 5) is 27.1. The van der Waals surface area contributed by atoms with Gasteiger partial charge in [-0.05, 0) is 19.5 Å². The molecule has 0 aliphatic carbocycles. The minimum absolute atomic E-state index is 0.0536. The molecule has 7 nitrogen and oxygen atoms in total. The maximum absolute atomic E-state index is 12.0. The van der Waals surface area contributed by atoms with E-state index >= 15 is 0 Å². The first kappa shape index (κ1) is 17.9. The van der Waals surface area contributed by atoms with Crippen molar-refractivity contribution in [1.29, 1.82) is 0 Å². The van der Waals surface area contributed by atoms with Crippen molar-refractivity contribution in [2.75, 3.05) is 44.7 Å². The van der Waals surface area contributed by atoms with E-state index in [0.717, 1.165) is 13.1 Å². The fourth-order valence-electron chi connectivity index (χ4n) is 2.35. The predicted octanol–water partition coefficient (Wildman–Crippen LogP) is -0.910. The Hall–Kier alpha value is -1.15. The van der Waals surface area contributed by atoms with Crippen molar-refractivity contribution in [2.24, 2.45) is 0 Å². The zero-order valence-electron chi connectivity index (χ0n) is 13.0. The van der Waals surface area contributed by atoms with Crippen LogP contribution in [0.25, 0.3) is 0 Å². The normalized spacial score (nSPS) is 20.5. The molecule has 1 unspecified atom stereocenters. The van der Waals surface area contributed by atoms with Gasteiger partial charge in [0, 0.05) is 26.2 Å². The van der Waals surface area contributed by atoms with Gasteiger partial charge in [-0.2, -0.15) is 0 Å². The van der Waals surface area contributed by atoms with Crippen LogP contribution in [0.15, 0.2) is 0 Å². The molecular formula is C13H25N3O4S. The summed E-state index contributed by atoms with van der Waals surface area (Å²) < 4.78 is 22.8. The number of amides is 2. The lowest BCUT2D eigenvalue weighted by molar-refractivity contribution is -0.146. The molecule has 1 heterocycles. The second-order valence-corrected chi connectivity index (χ2v) is 7.48. The Morgan fingerprint density at radius 1 is 1.24 bits per heavy atom. The van der Waals surface area contributed by atoms with Gasteiger partial charge in [-0.3, -0.25) is 9.59 Å². The molecule has 0 radical (unpaired) electrons. The molecule has 0 aromatic heterocycles. The van der Waals surface area contributed by atoms with Gasteiger partial charge < -0.3 is 15.1 Å². The van der Waals surface area contributed by atoms with E-state index in [-0.39, 0.29) is 11.5 Å². The van der Waals surface area contributed by atoms with Crippen molar-refractivity contribution in [1.82, 2.24) is 15.1 Å². The highest BCUT2D eigenvalue weighted by atomic mass is 32.2. The maximum atomic E-state index is 12.0. The van der Waals surface area contributed by atoms with Gasteiger partial charge in [0.15, 0.2) is 9.84 Å². The summed E-state index contributed by atoms with van der Waals surface area (Å²) in [6.45, 7) is 6.94. The maximum Gasteiger partial charge on any atom is 0.311 e. The van der Waals surface area contributed by atoms with Crippen molar-refractivity contribution in [2.45, 2.75) is 26.3 Å². The van der Waals surface area contributed by atoms with E-state index in [1.54, 1.807) is 0 Å². The van der Waals surface area contributed by atoms with Crippen molar-refractivity contribution >= 4 is 21.7 Å². The predicted molar refractivity (Wildman–Crippen MR) is 80.6 cm³/mol. The highest BCUT2D eigenvalue weighted by Gasteiger charge is 2.34. The molecule has 1 aliphatic rings. The lowest BCUT2D eigenvalue weighted by atomic mass is 10.2. The second-order valence-electron chi connectivity index (χ2n) is 5.26. The summed E-state index contributed by atoms with van der Waals surface area (Å²) in [6, 6.07) is -0.393. The molecule has 0 spiro atoms. The molecule has 122 valence electrons. The summed E-state index contributed by atoms with van der Waals surface area (Å²) >= 11 is 0. The standard InChI is InChI=1S/C13H25N3O4S/c1-4-16(5-2)8-7-14-12(17)13(18)15(3)11-6-9-21(19,20)10-11/h11H,4-10H2,1-3H3,(H,14,17). The third kappa shape index (κ3) is 5.28. The topological polar surface area (TPSA) is 86.8 Å². The number of hydrogen-bond donors (Lipinski definition) is 1. The summed E-state index contributed by atoms with van der Waals surface area (Å²) in [7, 11) is -1.58. The van der Waals surface area contributed by atoms with Gasteiger partial charge in [-0.15, -0.1) is 0 Å². The molecule has 1 saturated heterocycles. The molecule has 0 bridgehead atoms. The Bertz CT molecular complexity index is 474. The Morgan fingerprint density at radius 2 is 1.86 bits per heavy atom. The highest BCUT2D eigenvalue weighted by molar-refractivity contribution is 7.91. The van der Waals surface area contributed by atoms with Crippen molar-refractivity contribution < 1.29 is 18.0 Å². The molecule has 0 aromatic rings. The van der Waals surface area contributed by atoms with E-state index < -0.39 is 27.7 Å². The smallest absolute Gasteiger partial charge is 0.311 e. The van der Waals surface area contributed by atoms with Gasteiger partial charge in [0.2, 0.25) is 0 Å². The van der Waals surface area contributed by atoms with E-state index in [1.807, 2.05) is 13.8 Å². The second kappa shape index (κ2) is 7.74. The van der Waals surface area contributed by atoms with Crippen LogP contribution in [-0.4, -0.2) is 80.8 Å². The van der Waals surface area contributed by atoms with Gasteiger partial charge in [0.25, 0.3) is 0 Å². The fourth-order valence-corrected chi connectivity index (χ4v) is 4.12. The summed E-state index contributed by atoms with van der Waals surface area (Å²) in [5.41, 5.74) is 0. The largest absolute Gasteiger partial charge is 0.347 e. The Labute approximate surface area is 126 Å². The number of carbonyl (C=O) groups is 2. The number of nitrogens with one attached hydrogen (secondary N) is 1. The monoisotopic (exact) mass is 319 g/mol. The van der Waals surface area contributed by atoms with Crippen LogP contribution in [0, 0.1) is 0 Å². The number of likely N-dealkylation sites (N-methyl/N-ethyl adjacent to an activating group) is 2. The summed E-state index contributed by atoms with van der Waals surface area (Å²) in [5, 5.41) is 2.59. The van der Waals surface area contributed by atoms with E-state index in [1.165, 1.54) is 11.9 Å². The zero-order chi connectivity index (χ0) is 16.0. The Kier molecular flexibility index (Phi) is 6.60. The van der Waals surface area contributed by atoms with Crippen LogP contribution < -0.4 is 5.32 Å². The molecule has 8 heteroatoms. The Morgan fingerprint density at radius 3 is 2.33 bits per heavy atom. The Balaban J connectivity index is 2.42. The van der Waals surface area contributed by atoms with Crippen LogP contribution in [0.4, 0.5) is 0 Å². The lowest BCUT2D eigenvalue weighted by Gasteiger charge is -2.23. The number of sulfone groups is 1. The first-order chi connectivity index (χ1) is 9.80. The van der Waals surface area contributed by atoms with E-state index in [4.69, 9.17) is 0 Å². The summed E-state index contributed by atoms with van der Waals surface area (Å²) in [5.74, 6) is -1.31. The lowest BCUT2D eigenvalue weighted by Crippen LogP contribution is -2.47. The van der Waals surface area contributed by atoms with Crippen LogP contribution in [0.1, 0.15) is 20.3 Å². The van der Waals surface area contributed by atoms with Crippen LogP contribution in [-0.2, 0) is 19.4 Å². The molecule has 0 saturated carbocycles. The van der Waals surface area contributed by atoms with Gasteiger partial charge in [0.1, 0.15) is 0 Å². The average Bonchev–Trinajstić information content (AvgIpc) is 2.82. The van der Waals surface area contributed by atoms with Crippen molar-refractivity contribution in [3.8, 4) is 0 Å². The van der Waals surface area contributed by atoms with Gasteiger partial charge >= 0.3 is 11.8 Å². The third-order valence-electron chi connectivity index (χ3n) is 3.88. The molecule has 1 atom stereocenters. The first-order valence-corrected chi connectivity index (χ1v) is 9.10. The number of nitrogens with zero attached hydrogens (tertiary/aromatic N) is 2. The zero-order valence-corrected chi connectivity index (χ0v) is 13.8. The molecular weight excluding hydrogens is 294 g/mol. The van der Waals surface area contributed by atoms with E-state index in [0.29, 0.717) is 19.5 Å². The molecule has 1 N–H and O–H groups in total. The summed E-state index contributed by atoms with van der Waals surface area (Å²) in [6.07, 6.45) is 0.400. The van der Waals surface area contributed by atoms with Crippen LogP contribution >= 0.6 is 0 Å². The van der Waals surface area contributed by atoms with E-state index in [9.17, 15) is 18.0 Å². The minimum atomic E-state index is -3.07. The molecule has 1 rings (SSSR count). The van der Waals surface area contributed by atoms with Gasteiger partial charge in [-0.25, -0.2) is 8.42 Å². The van der Waals surface area contributed by atoms with Crippen LogP contribution in [0.3, 0.4) is 0 Å². The number of carbonyl (C=O) groups excluding carboxylic acids is 2. The average molecular weight is 319 g/mol. The van der Waals surface area contributed by atoms with Crippen molar-refractivity contribution in [3.05, 3.63) is 0 Å².